The first-order valence-corrected chi connectivity index (χ1v) is 8.30. The molecule has 0 N–H and O–H groups in total. The van der Waals surface area contributed by atoms with Crippen LogP contribution < -0.4 is 0 Å². The highest BCUT2D eigenvalue weighted by atomic mass is 32.2. The predicted octanol–water partition coefficient (Wildman–Crippen LogP) is 3.87. The maximum absolute atomic E-state index is 5.29. The van der Waals surface area contributed by atoms with Gasteiger partial charge in [0.1, 0.15) is 0 Å². The molecule has 0 radical (unpaired) electrons. The van der Waals surface area contributed by atoms with Crippen LogP contribution in [0.25, 0.3) is 17.0 Å². The zero-order chi connectivity index (χ0) is 13.7. The van der Waals surface area contributed by atoms with Gasteiger partial charge in [-0.15, -0.1) is 32.0 Å². The van der Waals surface area contributed by atoms with Crippen molar-refractivity contribution in [2.45, 2.75) is 0 Å². The zero-order valence-corrected chi connectivity index (χ0v) is 13.3. The topological polar surface area (TPSA) is 25.8 Å². The Kier molecular flexibility index (Phi) is 2.99. The number of pyridine rings is 2. The van der Waals surface area contributed by atoms with E-state index in [-0.39, 0.29) is 0 Å². The van der Waals surface area contributed by atoms with Crippen LogP contribution in [-0.4, -0.2) is 9.97 Å². The molecule has 0 atom stereocenters. The van der Waals surface area contributed by atoms with E-state index in [1.165, 1.54) is 0 Å². The van der Waals surface area contributed by atoms with Crippen LogP contribution in [0.4, 0.5) is 0 Å². The zero-order valence-electron chi connectivity index (χ0n) is 9.99. The molecule has 2 aromatic heterocycles. The Balaban J connectivity index is 2.00. The average Bonchev–Trinajstić information content (AvgIpc) is 2.97. The van der Waals surface area contributed by atoms with Crippen LogP contribution in [0.5, 0.6) is 0 Å². The number of aromatic nitrogens is 2. The number of fused-ring (bicyclic) bond motifs is 3. The summed E-state index contributed by atoms with van der Waals surface area (Å²) in [5.74, 6) is 0. The lowest BCUT2D eigenvalue weighted by atomic mass is 10.1. The van der Waals surface area contributed by atoms with Crippen LogP contribution in [-0.2, 0) is 25.3 Å². The van der Waals surface area contributed by atoms with Crippen LogP contribution in [0.1, 0.15) is 11.1 Å². The van der Waals surface area contributed by atoms with Crippen molar-refractivity contribution in [3.05, 3.63) is 60.5 Å². The fraction of sp³-hybridized carbons (Fsp3) is 0. The maximum atomic E-state index is 5.29. The second kappa shape index (κ2) is 4.73. The molecule has 0 saturated carbocycles. The maximum Gasteiger partial charge on any atom is 0.0971 e. The summed E-state index contributed by atoms with van der Waals surface area (Å²) in [6.45, 7) is 0. The molecule has 0 aromatic carbocycles. The summed E-state index contributed by atoms with van der Waals surface area (Å²) in [6.07, 6.45) is 3.60. The van der Waals surface area contributed by atoms with E-state index >= 15 is 0 Å². The van der Waals surface area contributed by atoms with Crippen LogP contribution in [0.3, 0.4) is 0 Å². The van der Waals surface area contributed by atoms with E-state index in [1.54, 1.807) is 35.9 Å². The SMILES string of the molecule is [S-]C1=C([S-])SC(=C2c3cccnc3-c3ncccc32)S1. The molecule has 2 nitrogen and oxygen atoms in total. The van der Waals surface area contributed by atoms with Crippen LogP contribution in [0.2, 0.25) is 0 Å². The molecule has 2 aromatic rings. The van der Waals surface area contributed by atoms with Crippen molar-refractivity contribution in [1.82, 2.24) is 9.97 Å². The number of nitrogens with zero attached hydrogens (tertiary/aromatic N) is 2. The standard InChI is InChI=1S/C14H8N2S4/c17-12-13(18)20-14(19-12)9-7-3-1-5-15-10(7)11-8(9)4-2-6-16-11/h1-6,17-18H/p-2. The van der Waals surface area contributed by atoms with Crippen molar-refractivity contribution in [1.29, 1.82) is 0 Å². The van der Waals surface area contributed by atoms with Gasteiger partial charge in [-0.3, -0.25) is 9.97 Å². The van der Waals surface area contributed by atoms with E-state index in [9.17, 15) is 0 Å². The number of rotatable bonds is 0. The minimum Gasteiger partial charge on any atom is -0.774 e. The van der Waals surface area contributed by atoms with Crippen molar-refractivity contribution >= 4 is 54.4 Å². The lowest BCUT2D eigenvalue weighted by Crippen LogP contribution is -1.84. The minimum absolute atomic E-state index is 0.787. The van der Waals surface area contributed by atoms with Gasteiger partial charge in [0.25, 0.3) is 0 Å². The molecule has 0 amide bonds. The highest BCUT2D eigenvalue weighted by Gasteiger charge is 2.29. The third-order valence-corrected chi connectivity index (χ3v) is 6.60. The molecule has 98 valence electrons. The van der Waals surface area contributed by atoms with Gasteiger partial charge in [0, 0.05) is 29.1 Å². The average molecular weight is 330 g/mol. The normalized spacial score (nSPS) is 16.6. The molecule has 0 fully saturated rings. The summed E-state index contributed by atoms with van der Waals surface area (Å²) >= 11 is 13.7. The second-order valence-corrected chi connectivity index (χ2v) is 7.87. The Morgan fingerprint density at radius 2 is 1.30 bits per heavy atom. The number of thioether (sulfide) groups is 2. The molecule has 4 rings (SSSR count). The van der Waals surface area contributed by atoms with E-state index in [0.29, 0.717) is 0 Å². The Labute approximate surface area is 136 Å². The molecule has 1 aliphatic heterocycles. The summed E-state index contributed by atoms with van der Waals surface area (Å²) in [6, 6.07) is 8.06. The van der Waals surface area contributed by atoms with Gasteiger partial charge >= 0.3 is 0 Å². The largest absolute Gasteiger partial charge is 0.774 e. The highest BCUT2D eigenvalue weighted by Crippen LogP contribution is 2.55. The number of hydrogen-bond acceptors (Lipinski definition) is 6. The molecule has 20 heavy (non-hydrogen) atoms. The summed E-state index contributed by atoms with van der Waals surface area (Å²) in [4.78, 5) is 8.96. The van der Waals surface area contributed by atoms with Crippen molar-refractivity contribution < 1.29 is 0 Å². The molecule has 0 saturated heterocycles. The van der Waals surface area contributed by atoms with Gasteiger partial charge in [-0.25, -0.2) is 0 Å². The molecule has 0 bridgehead atoms. The molecule has 2 aliphatic rings. The Morgan fingerprint density at radius 1 is 0.800 bits per heavy atom. The van der Waals surface area contributed by atoms with Gasteiger partial charge in [0.05, 0.1) is 15.6 Å². The quantitative estimate of drug-likeness (QED) is 0.581. The number of hydrogen-bond donors (Lipinski definition) is 0. The fourth-order valence-corrected chi connectivity index (χ4v) is 5.46. The Morgan fingerprint density at radius 3 is 1.80 bits per heavy atom. The molecule has 3 heterocycles. The predicted molar refractivity (Wildman–Crippen MR) is 90.4 cm³/mol. The van der Waals surface area contributed by atoms with Gasteiger partial charge in [-0.05, 0) is 12.1 Å². The Hall–Kier alpha value is -1.08. The molecule has 6 heteroatoms. The van der Waals surface area contributed by atoms with Gasteiger partial charge < -0.3 is 25.3 Å². The van der Waals surface area contributed by atoms with Gasteiger partial charge in [-0.2, -0.15) is 0 Å². The molecular formula is C14H6N2S4-2. The fourth-order valence-electron chi connectivity index (χ4n) is 2.33. The summed E-state index contributed by atoms with van der Waals surface area (Å²) in [5, 5.41) is 0. The third kappa shape index (κ3) is 1.79. The molecule has 0 unspecified atom stereocenters. The highest BCUT2D eigenvalue weighted by molar-refractivity contribution is 8.34. The summed E-state index contributed by atoms with van der Waals surface area (Å²) < 4.78 is 2.71. The summed E-state index contributed by atoms with van der Waals surface area (Å²) in [5.41, 5.74) is 5.27. The van der Waals surface area contributed by atoms with Crippen LogP contribution >= 0.6 is 23.5 Å². The van der Waals surface area contributed by atoms with Gasteiger partial charge in [-0.1, -0.05) is 12.1 Å². The smallest absolute Gasteiger partial charge is 0.0971 e. The minimum atomic E-state index is 0.787. The van der Waals surface area contributed by atoms with E-state index in [0.717, 1.165) is 40.8 Å². The van der Waals surface area contributed by atoms with E-state index < -0.39 is 0 Å². The lowest BCUT2D eigenvalue weighted by Gasteiger charge is -2.11. The molecular weight excluding hydrogens is 324 g/mol. The van der Waals surface area contributed by atoms with Crippen LogP contribution in [0, 0.1) is 0 Å². The molecule has 0 spiro atoms. The first-order valence-electron chi connectivity index (χ1n) is 5.85. The van der Waals surface area contributed by atoms with Crippen molar-refractivity contribution in [2.24, 2.45) is 0 Å². The van der Waals surface area contributed by atoms with Crippen LogP contribution in [0.15, 0.2) is 49.4 Å². The Bertz CT molecular complexity index is 732. The van der Waals surface area contributed by atoms with E-state index in [4.69, 9.17) is 25.3 Å². The van der Waals surface area contributed by atoms with Crippen molar-refractivity contribution in [3.8, 4) is 11.4 Å². The first kappa shape index (κ1) is 12.6. The van der Waals surface area contributed by atoms with Gasteiger partial charge in [0.15, 0.2) is 0 Å². The third-order valence-electron chi connectivity index (χ3n) is 3.12. The van der Waals surface area contributed by atoms with Gasteiger partial charge in [0.2, 0.25) is 0 Å². The van der Waals surface area contributed by atoms with E-state index in [1.807, 2.05) is 12.1 Å². The second-order valence-electron chi connectivity index (χ2n) is 4.24. The van der Waals surface area contributed by atoms with Crippen molar-refractivity contribution in [2.75, 3.05) is 0 Å². The lowest BCUT2D eigenvalue weighted by molar-refractivity contribution is 1.26. The monoisotopic (exact) mass is 330 g/mol. The van der Waals surface area contributed by atoms with Crippen molar-refractivity contribution in [3.63, 3.8) is 0 Å². The molecule has 1 aliphatic carbocycles. The first-order chi connectivity index (χ1) is 9.75. The van der Waals surface area contributed by atoms with E-state index in [2.05, 4.69) is 22.1 Å². The summed E-state index contributed by atoms with van der Waals surface area (Å²) in [7, 11) is 0.